The van der Waals surface area contributed by atoms with E-state index in [9.17, 15) is 19.7 Å². The second kappa shape index (κ2) is 6.70. The first-order valence-corrected chi connectivity index (χ1v) is 7.42. The lowest BCUT2D eigenvalue weighted by Crippen LogP contribution is -2.14. The molecule has 3 aromatic rings. The largest absolute Gasteiger partial charge is 0.454 e. The molecule has 0 aliphatic heterocycles. The zero-order chi connectivity index (χ0) is 18.0. The Morgan fingerprint density at radius 3 is 2.76 bits per heavy atom. The van der Waals surface area contributed by atoms with E-state index in [-0.39, 0.29) is 34.3 Å². The number of nitrogens with zero attached hydrogens (tertiary/aromatic N) is 2. The zero-order valence-corrected chi connectivity index (χ0v) is 13.3. The van der Waals surface area contributed by atoms with Crippen LogP contribution in [0, 0.1) is 10.1 Å². The number of nitrogens with one attached hydrogen (secondary N) is 1. The lowest BCUT2D eigenvalue weighted by atomic mass is 10.2. The Labute approximate surface area is 145 Å². The molecule has 0 saturated carbocycles. The van der Waals surface area contributed by atoms with Gasteiger partial charge >= 0.3 is 5.97 Å². The first-order valence-electron chi connectivity index (χ1n) is 7.04. The molecule has 0 aliphatic carbocycles. The van der Waals surface area contributed by atoms with Gasteiger partial charge in [-0.15, -0.1) is 0 Å². The highest BCUT2D eigenvalue weighted by Gasteiger charge is 2.16. The number of nitro groups is 1. The monoisotopic (exact) mass is 359 g/mol. The van der Waals surface area contributed by atoms with Crippen LogP contribution < -0.4 is 5.56 Å². The van der Waals surface area contributed by atoms with Crippen molar-refractivity contribution in [1.82, 2.24) is 9.97 Å². The van der Waals surface area contributed by atoms with Crippen LogP contribution in [-0.4, -0.2) is 20.9 Å². The summed E-state index contributed by atoms with van der Waals surface area (Å²) in [6.07, 6.45) is 0. The summed E-state index contributed by atoms with van der Waals surface area (Å²) in [5, 5.41) is 11.0. The van der Waals surface area contributed by atoms with Crippen molar-refractivity contribution >= 4 is 34.2 Å². The highest BCUT2D eigenvalue weighted by Crippen LogP contribution is 2.23. The molecule has 1 N–H and O–H groups in total. The maximum absolute atomic E-state index is 12.1. The predicted octanol–water partition coefficient (Wildman–Crippen LogP) is 2.84. The maximum atomic E-state index is 12.1. The molecule has 126 valence electrons. The molecule has 0 fully saturated rings. The fraction of sp³-hybridized carbons (Fsp3) is 0.0625. The Kier molecular flexibility index (Phi) is 4.44. The lowest BCUT2D eigenvalue weighted by Gasteiger charge is -2.06. The minimum absolute atomic E-state index is 0.0181. The van der Waals surface area contributed by atoms with Crippen LogP contribution in [0.25, 0.3) is 10.9 Å². The van der Waals surface area contributed by atoms with Gasteiger partial charge in [-0.05, 0) is 18.2 Å². The maximum Gasteiger partial charge on any atom is 0.340 e. The van der Waals surface area contributed by atoms with Crippen molar-refractivity contribution in [1.29, 1.82) is 0 Å². The van der Waals surface area contributed by atoms with E-state index in [4.69, 9.17) is 16.3 Å². The van der Waals surface area contributed by atoms with Gasteiger partial charge in [0.05, 0.1) is 26.4 Å². The summed E-state index contributed by atoms with van der Waals surface area (Å²) in [6, 6.07) is 10.2. The van der Waals surface area contributed by atoms with Gasteiger partial charge in [-0.2, -0.15) is 0 Å². The second-order valence-electron chi connectivity index (χ2n) is 5.03. The number of benzene rings is 2. The summed E-state index contributed by atoms with van der Waals surface area (Å²) in [7, 11) is 0. The van der Waals surface area contributed by atoms with Gasteiger partial charge < -0.3 is 9.72 Å². The van der Waals surface area contributed by atoms with Crippen LogP contribution in [0.15, 0.2) is 47.3 Å². The number of carbonyl (C=O) groups excluding carboxylic acids is 1. The predicted molar refractivity (Wildman–Crippen MR) is 89.6 cm³/mol. The third kappa shape index (κ3) is 3.48. The van der Waals surface area contributed by atoms with E-state index in [1.54, 1.807) is 24.3 Å². The highest BCUT2D eigenvalue weighted by molar-refractivity contribution is 6.33. The topological polar surface area (TPSA) is 115 Å². The van der Waals surface area contributed by atoms with Crippen LogP contribution in [0.3, 0.4) is 0 Å². The Balaban J connectivity index is 1.79. The first-order chi connectivity index (χ1) is 12.0. The summed E-state index contributed by atoms with van der Waals surface area (Å²) < 4.78 is 5.07. The van der Waals surface area contributed by atoms with Gasteiger partial charge in [0.2, 0.25) is 0 Å². The van der Waals surface area contributed by atoms with Gasteiger partial charge in [-0.25, -0.2) is 9.78 Å². The van der Waals surface area contributed by atoms with E-state index in [2.05, 4.69) is 9.97 Å². The average molecular weight is 360 g/mol. The molecule has 1 aromatic heterocycles. The average Bonchev–Trinajstić information content (AvgIpc) is 2.59. The van der Waals surface area contributed by atoms with E-state index in [0.717, 1.165) is 12.1 Å². The van der Waals surface area contributed by atoms with Gasteiger partial charge in [0.25, 0.3) is 11.2 Å². The molecule has 0 unspecified atom stereocenters. The van der Waals surface area contributed by atoms with E-state index < -0.39 is 10.9 Å². The molecule has 1 heterocycles. The third-order valence-electron chi connectivity index (χ3n) is 3.39. The van der Waals surface area contributed by atoms with Crippen LogP contribution in [-0.2, 0) is 11.3 Å². The minimum Gasteiger partial charge on any atom is -0.454 e. The molecular weight excluding hydrogens is 350 g/mol. The Bertz CT molecular complexity index is 1050. The number of carbonyl (C=O) groups is 1. The van der Waals surface area contributed by atoms with E-state index >= 15 is 0 Å². The van der Waals surface area contributed by atoms with Crippen LogP contribution in [0.5, 0.6) is 0 Å². The SMILES string of the molecule is O=C(OCc1nc2ccccc2c(=O)[nH]1)c1ccc([N+](=O)[O-])cc1Cl. The van der Waals surface area contributed by atoms with E-state index in [1.165, 1.54) is 6.07 Å². The quantitative estimate of drug-likeness (QED) is 0.435. The number of aromatic amines is 1. The van der Waals surface area contributed by atoms with E-state index in [1.807, 2.05) is 0 Å². The molecule has 0 radical (unpaired) electrons. The second-order valence-corrected chi connectivity index (χ2v) is 5.43. The lowest BCUT2D eigenvalue weighted by molar-refractivity contribution is -0.384. The fourth-order valence-corrected chi connectivity index (χ4v) is 2.45. The van der Waals surface area contributed by atoms with Crippen LogP contribution in [0.4, 0.5) is 5.69 Å². The molecule has 25 heavy (non-hydrogen) atoms. The first kappa shape index (κ1) is 16.6. The Hall–Kier alpha value is -3.26. The highest BCUT2D eigenvalue weighted by atomic mass is 35.5. The minimum atomic E-state index is -0.782. The van der Waals surface area contributed by atoms with Crippen molar-refractivity contribution in [2.24, 2.45) is 0 Å². The molecule has 3 rings (SSSR count). The molecule has 0 atom stereocenters. The number of rotatable bonds is 4. The van der Waals surface area contributed by atoms with Crippen LogP contribution in [0.2, 0.25) is 5.02 Å². The molecule has 9 heteroatoms. The Morgan fingerprint density at radius 1 is 1.28 bits per heavy atom. The van der Waals surface area contributed by atoms with Crippen molar-refractivity contribution in [2.75, 3.05) is 0 Å². The Morgan fingerprint density at radius 2 is 2.04 bits per heavy atom. The molecule has 8 nitrogen and oxygen atoms in total. The van der Waals surface area contributed by atoms with Crippen LogP contribution in [0.1, 0.15) is 16.2 Å². The molecule has 0 saturated heterocycles. The van der Waals surface area contributed by atoms with Crippen LogP contribution >= 0.6 is 11.6 Å². The molecule has 0 spiro atoms. The number of hydrogen-bond acceptors (Lipinski definition) is 6. The van der Waals surface area contributed by atoms with E-state index in [0.29, 0.717) is 10.9 Å². The number of para-hydroxylation sites is 1. The summed E-state index contributed by atoms with van der Waals surface area (Å²) in [5.74, 6) is -0.606. The summed E-state index contributed by atoms with van der Waals surface area (Å²) >= 11 is 5.87. The van der Waals surface area contributed by atoms with Crippen molar-refractivity contribution < 1.29 is 14.5 Å². The molecule has 0 aliphatic rings. The smallest absolute Gasteiger partial charge is 0.340 e. The zero-order valence-electron chi connectivity index (χ0n) is 12.6. The van der Waals surface area contributed by atoms with Crippen molar-refractivity contribution in [3.8, 4) is 0 Å². The number of halogens is 1. The van der Waals surface area contributed by atoms with Gasteiger partial charge in [0.15, 0.2) is 0 Å². The summed E-state index contributed by atoms with van der Waals surface area (Å²) in [4.78, 5) is 40.8. The van der Waals surface area contributed by atoms with Gasteiger partial charge in [0, 0.05) is 12.1 Å². The number of ether oxygens (including phenoxy) is 1. The third-order valence-corrected chi connectivity index (χ3v) is 3.70. The van der Waals surface area contributed by atoms with Crippen molar-refractivity contribution in [2.45, 2.75) is 6.61 Å². The van der Waals surface area contributed by atoms with Crippen molar-refractivity contribution in [3.63, 3.8) is 0 Å². The molecule has 2 aromatic carbocycles. The number of H-pyrrole nitrogens is 1. The van der Waals surface area contributed by atoms with Gasteiger partial charge in [-0.3, -0.25) is 14.9 Å². The fourth-order valence-electron chi connectivity index (χ4n) is 2.20. The number of hydrogen-bond donors (Lipinski definition) is 1. The number of nitro benzene ring substituents is 1. The standard InChI is InChI=1S/C16H10ClN3O5/c17-12-7-9(20(23)24)5-6-10(12)16(22)25-8-14-18-13-4-2-1-3-11(13)15(21)19-14/h1-7H,8H2,(H,18,19,21). The normalized spacial score (nSPS) is 10.6. The number of aromatic nitrogens is 2. The molecular formula is C16H10ClN3O5. The molecule has 0 bridgehead atoms. The van der Waals surface area contributed by atoms with Gasteiger partial charge in [0.1, 0.15) is 12.4 Å². The number of esters is 1. The van der Waals surface area contributed by atoms with Gasteiger partial charge in [-0.1, -0.05) is 23.7 Å². The number of non-ortho nitro benzene ring substituents is 1. The molecule has 0 amide bonds. The number of fused-ring (bicyclic) bond motifs is 1. The summed E-state index contributed by atoms with van der Waals surface area (Å²) in [5.41, 5.74) is -0.117. The van der Waals surface area contributed by atoms with Crippen molar-refractivity contribution in [3.05, 3.63) is 79.3 Å². The summed E-state index contributed by atoms with van der Waals surface area (Å²) in [6.45, 7) is -0.272.